The van der Waals surface area contributed by atoms with Crippen molar-refractivity contribution in [2.75, 3.05) is 26.2 Å². The first-order chi connectivity index (χ1) is 14.1. The molecule has 1 aromatic heterocycles. The number of para-hydroxylation sites is 1. The number of nitrogens with one attached hydrogen (secondary N) is 1. The van der Waals surface area contributed by atoms with E-state index in [9.17, 15) is 9.18 Å². The molecule has 0 saturated carbocycles. The summed E-state index contributed by atoms with van der Waals surface area (Å²) in [6.45, 7) is 3.78. The zero-order valence-electron chi connectivity index (χ0n) is 16.1. The first kappa shape index (κ1) is 19.5. The second-order valence-corrected chi connectivity index (χ2v) is 7.59. The molecule has 1 saturated heterocycles. The molecule has 7 heteroatoms. The van der Waals surface area contributed by atoms with Gasteiger partial charge >= 0.3 is 0 Å². The fraction of sp³-hybridized carbons (Fsp3) is 0.273. The lowest BCUT2D eigenvalue weighted by Gasteiger charge is -2.22. The van der Waals surface area contributed by atoms with E-state index in [1.54, 1.807) is 10.8 Å². The average molecular weight is 411 g/mol. The predicted octanol–water partition coefficient (Wildman–Crippen LogP) is 4.02. The zero-order chi connectivity index (χ0) is 20.2. The van der Waals surface area contributed by atoms with Crippen molar-refractivity contribution in [3.8, 4) is 5.69 Å². The molecule has 0 aliphatic carbocycles. The summed E-state index contributed by atoms with van der Waals surface area (Å²) in [4.78, 5) is 20.4. The molecular weight excluding hydrogens is 387 g/mol. The van der Waals surface area contributed by atoms with E-state index in [1.807, 2.05) is 47.4 Å². The summed E-state index contributed by atoms with van der Waals surface area (Å²) in [5.41, 5.74) is 2.50. The highest BCUT2D eigenvalue weighted by Gasteiger charge is 2.23. The van der Waals surface area contributed by atoms with Crippen LogP contribution < -0.4 is 0 Å². The molecule has 5 nitrogen and oxygen atoms in total. The van der Waals surface area contributed by atoms with Gasteiger partial charge in [-0.2, -0.15) is 0 Å². The van der Waals surface area contributed by atoms with Crippen LogP contribution in [0.15, 0.2) is 60.8 Å². The minimum absolute atomic E-state index is 0.0233. The summed E-state index contributed by atoms with van der Waals surface area (Å²) >= 11 is 5.40. The maximum absolute atomic E-state index is 13.2. The molecule has 1 N–H and O–H groups in total. The maximum atomic E-state index is 13.2. The van der Waals surface area contributed by atoms with Gasteiger partial charge in [0.2, 0.25) is 0 Å². The Labute approximate surface area is 174 Å². The Morgan fingerprint density at radius 2 is 1.76 bits per heavy atom. The Kier molecular flexibility index (Phi) is 5.87. The van der Waals surface area contributed by atoms with E-state index < -0.39 is 0 Å². The molecule has 4 rings (SSSR count). The number of nitrogens with zero attached hydrogens (tertiary/aromatic N) is 3. The number of aromatic nitrogens is 2. The molecule has 1 aliphatic rings. The third-order valence-electron chi connectivity index (χ3n) is 5.21. The number of hydrogen-bond donors (Lipinski definition) is 1. The maximum Gasteiger partial charge on any atom is 0.272 e. The molecular formula is C22H23FN4OS. The van der Waals surface area contributed by atoms with Crippen LogP contribution in [0, 0.1) is 10.6 Å². The summed E-state index contributed by atoms with van der Waals surface area (Å²) in [5.74, 6) is -0.245. The molecule has 1 aliphatic heterocycles. The van der Waals surface area contributed by atoms with E-state index in [-0.39, 0.29) is 11.7 Å². The number of rotatable bonds is 4. The van der Waals surface area contributed by atoms with Gasteiger partial charge in [0.25, 0.3) is 5.91 Å². The lowest BCUT2D eigenvalue weighted by atomic mass is 10.2. The third-order valence-corrected chi connectivity index (χ3v) is 5.51. The Morgan fingerprint density at radius 1 is 1.00 bits per heavy atom. The number of H-pyrrole nitrogens is 1. The van der Waals surface area contributed by atoms with Crippen molar-refractivity contribution < 1.29 is 9.18 Å². The minimum Gasteiger partial charge on any atom is -0.336 e. The van der Waals surface area contributed by atoms with Gasteiger partial charge in [0.15, 0.2) is 4.77 Å². The molecule has 29 heavy (non-hydrogen) atoms. The first-order valence-electron chi connectivity index (χ1n) is 9.74. The van der Waals surface area contributed by atoms with Crippen molar-refractivity contribution >= 4 is 18.1 Å². The summed E-state index contributed by atoms with van der Waals surface area (Å²) in [6, 6.07) is 16.3. The summed E-state index contributed by atoms with van der Waals surface area (Å²) in [6.07, 6.45) is 2.59. The highest BCUT2D eigenvalue weighted by Crippen LogP contribution is 2.16. The summed E-state index contributed by atoms with van der Waals surface area (Å²) < 4.78 is 15.4. The molecule has 0 bridgehead atoms. The quantitative estimate of drug-likeness (QED) is 0.661. The van der Waals surface area contributed by atoms with E-state index in [0.29, 0.717) is 23.6 Å². The van der Waals surface area contributed by atoms with Gasteiger partial charge in [-0.05, 0) is 48.5 Å². The summed E-state index contributed by atoms with van der Waals surface area (Å²) in [5, 5.41) is 0. The van der Waals surface area contributed by atoms with Crippen molar-refractivity contribution in [2.24, 2.45) is 0 Å². The van der Waals surface area contributed by atoms with E-state index in [2.05, 4.69) is 9.88 Å². The number of carbonyl (C=O) groups excluding carboxylic acids is 1. The largest absolute Gasteiger partial charge is 0.336 e. The monoisotopic (exact) mass is 410 g/mol. The van der Waals surface area contributed by atoms with Gasteiger partial charge in [-0.1, -0.05) is 30.3 Å². The van der Waals surface area contributed by atoms with Crippen molar-refractivity contribution in [1.29, 1.82) is 0 Å². The Bertz CT molecular complexity index is 1030. The summed E-state index contributed by atoms with van der Waals surface area (Å²) in [7, 11) is 0. The second-order valence-electron chi connectivity index (χ2n) is 7.20. The number of carbonyl (C=O) groups is 1. The van der Waals surface area contributed by atoms with Gasteiger partial charge in [-0.25, -0.2) is 4.39 Å². The van der Waals surface area contributed by atoms with Crippen LogP contribution in [-0.2, 0) is 6.54 Å². The van der Waals surface area contributed by atoms with E-state index >= 15 is 0 Å². The first-order valence-corrected chi connectivity index (χ1v) is 10.1. The SMILES string of the molecule is O=C(c1c[nH]c(=S)n1-c1ccccc1)N1CCCN(Cc2ccc(F)cc2)CC1. The van der Waals surface area contributed by atoms with Crippen LogP contribution in [0.4, 0.5) is 4.39 Å². The van der Waals surface area contributed by atoms with Crippen LogP contribution in [-0.4, -0.2) is 51.4 Å². The molecule has 2 heterocycles. The van der Waals surface area contributed by atoms with Gasteiger partial charge in [0.1, 0.15) is 11.5 Å². The lowest BCUT2D eigenvalue weighted by molar-refractivity contribution is 0.0753. The van der Waals surface area contributed by atoms with Gasteiger partial charge in [-0.15, -0.1) is 0 Å². The van der Waals surface area contributed by atoms with Crippen molar-refractivity contribution in [2.45, 2.75) is 13.0 Å². The Hall–Kier alpha value is -2.77. The van der Waals surface area contributed by atoms with Gasteiger partial charge in [-0.3, -0.25) is 14.3 Å². The lowest BCUT2D eigenvalue weighted by Crippen LogP contribution is -2.36. The molecule has 0 unspecified atom stereocenters. The van der Waals surface area contributed by atoms with Gasteiger partial charge in [0.05, 0.1) is 0 Å². The number of amides is 1. The average Bonchev–Trinajstić information content (AvgIpc) is 2.97. The van der Waals surface area contributed by atoms with Gasteiger partial charge < -0.3 is 9.88 Å². The molecule has 150 valence electrons. The number of halogens is 1. The third kappa shape index (κ3) is 4.46. The molecule has 1 amide bonds. The topological polar surface area (TPSA) is 44.3 Å². The molecule has 3 aromatic rings. The van der Waals surface area contributed by atoms with Crippen molar-refractivity contribution in [3.63, 3.8) is 0 Å². The van der Waals surface area contributed by atoms with Crippen molar-refractivity contribution in [1.82, 2.24) is 19.4 Å². The molecule has 0 radical (unpaired) electrons. The van der Waals surface area contributed by atoms with Crippen LogP contribution >= 0.6 is 12.2 Å². The van der Waals surface area contributed by atoms with E-state index in [1.165, 1.54) is 12.1 Å². The molecule has 1 fully saturated rings. The Balaban J connectivity index is 1.47. The molecule has 2 aromatic carbocycles. The normalized spacial score (nSPS) is 15.3. The number of aromatic amines is 1. The van der Waals surface area contributed by atoms with Crippen LogP contribution in [0.1, 0.15) is 22.5 Å². The molecule has 0 spiro atoms. The highest BCUT2D eigenvalue weighted by atomic mass is 32.1. The van der Waals surface area contributed by atoms with Crippen LogP contribution in [0.5, 0.6) is 0 Å². The van der Waals surface area contributed by atoms with Gasteiger partial charge in [0, 0.05) is 44.6 Å². The smallest absolute Gasteiger partial charge is 0.272 e. The zero-order valence-corrected chi connectivity index (χ0v) is 16.9. The van der Waals surface area contributed by atoms with Crippen LogP contribution in [0.3, 0.4) is 0 Å². The highest BCUT2D eigenvalue weighted by molar-refractivity contribution is 7.71. The van der Waals surface area contributed by atoms with Crippen LogP contribution in [0.2, 0.25) is 0 Å². The fourth-order valence-corrected chi connectivity index (χ4v) is 3.96. The molecule has 0 atom stereocenters. The second kappa shape index (κ2) is 8.71. The number of imidazole rings is 1. The minimum atomic E-state index is -0.222. The number of hydrogen-bond acceptors (Lipinski definition) is 3. The van der Waals surface area contributed by atoms with Crippen LogP contribution in [0.25, 0.3) is 5.69 Å². The fourth-order valence-electron chi connectivity index (χ4n) is 3.70. The number of benzene rings is 2. The Morgan fingerprint density at radius 3 is 2.52 bits per heavy atom. The van der Waals surface area contributed by atoms with E-state index in [4.69, 9.17) is 12.2 Å². The van der Waals surface area contributed by atoms with E-state index in [0.717, 1.165) is 37.3 Å². The standard InChI is InChI=1S/C22H23FN4OS/c23-18-9-7-17(8-10-18)16-25-11-4-12-26(14-13-25)21(28)20-15-24-22(29)27(20)19-5-2-1-3-6-19/h1-3,5-10,15H,4,11-14,16H2,(H,24,29). The van der Waals surface area contributed by atoms with Crippen molar-refractivity contribution in [3.05, 3.63) is 82.6 Å². The predicted molar refractivity (Wildman–Crippen MR) is 113 cm³/mol.